The highest BCUT2D eigenvalue weighted by Crippen LogP contribution is 2.26. The summed E-state index contributed by atoms with van der Waals surface area (Å²) >= 11 is 0. The van der Waals surface area contributed by atoms with E-state index in [-0.39, 0.29) is 5.91 Å². The fraction of sp³-hybridized carbons (Fsp3) is 0.200. The SMILES string of the molecule is C=CC(=O)Nc1cnc2c(c1)c(C)cn2-c1ccc(C(C)C)cc1. The van der Waals surface area contributed by atoms with Gasteiger partial charge < -0.3 is 9.88 Å². The first-order chi connectivity index (χ1) is 11.5. The third-order valence-electron chi connectivity index (χ3n) is 4.13. The van der Waals surface area contributed by atoms with Gasteiger partial charge in [0.1, 0.15) is 5.65 Å². The van der Waals surface area contributed by atoms with Gasteiger partial charge in [-0.3, -0.25) is 4.79 Å². The predicted molar refractivity (Wildman–Crippen MR) is 98.7 cm³/mol. The number of nitrogens with one attached hydrogen (secondary N) is 1. The topological polar surface area (TPSA) is 46.9 Å². The minimum atomic E-state index is -0.238. The molecule has 0 saturated heterocycles. The number of nitrogens with zero attached hydrogens (tertiary/aromatic N) is 2. The first-order valence-electron chi connectivity index (χ1n) is 8.01. The van der Waals surface area contributed by atoms with E-state index < -0.39 is 0 Å². The molecule has 0 aliphatic heterocycles. The molecule has 2 heterocycles. The van der Waals surface area contributed by atoms with Gasteiger partial charge in [0.15, 0.2) is 0 Å². The molecule has 2 aromatic heterocycles. The van der Waals surface area contributed by atoms with Crippen LogP contribution < -0.4 is 5.32 Å². The Morgan fingerprint density at radius 2 is 2.00 bits per heavy atom. The largest absolute Gasteiger partial charge is 0.321 e. The van der Waals surface area contributed by atoms with Gasteiger partial charge in [0, 0.05) is 17.3 Å². The highest BCUT2D eigenvalue weighted by Gasteiger charge is 2.10. The smallest absolute Gasteiger partial charge is 0.247 e. The lowest BCUT2D eigenvalue weighted by atomic mass is 10.0. The quantitative estimate of drug-likeness (QED) is 0.715. The number of carbonyl (C=O) groups is 1. The van der Waals surface area contributed by atoms with Crippen LogP contribution in [0.1, 0.15) is 30.9 Å². The number of amides is 1. The summed E-state index contributed by atoms with van der Waals surface area (Å²) in [5.74, 6) is 0.272. The summed E-state index contributed by atoms with van der Waals surface area (Å²) in [6.07, 6.45) is 4.99. The fourth-order valence-corrected chi connectivity index (χ4v) is 2.74. The van der Waals surface area contributed by atoms with Gasteiger partial charge in [-0.05, 0) is 48.2 Å². The Kier molecular flexibility index (Phi) is 4.21. The number of carbonyl (C=O) groups excluding carboxylic acids is 1. The molecule has 1 amide bonds. The van der Waals surface area contributed by atoms with Crippen LogP contribution in [0.5, 0.6) is 0 Å². The van der Waals surface area contributed by atoms with E-state index in [1.807, 2.05) is 13.0 Å². The normalized spacial score (nSPS) is 11.0. The van der Waals surface area contributed by atoms with Gasteiger partial charge >= 0.3 is 0 Å². The number of rotatable bonds is 4. The maximum atomic E-state index is 11.5. The van der Waals surface area contributed by atoms with Crippen molar-refractivity contribution in [3.63, 3.8) is 0 Å². The van der Waals surface area contributed by atoms with Crippen LogP contribution in [0.4, 0.5) is 5.69 Å². The Labute approximate surface area is 141 Å². The average Bonchev–Trinajstić information content (AvgIpc) is 2.91. The van der Waals surface area contributed by atoms with Gasteiger partial charge in [-0.1, -0.05) is 32.6 Å². The number of aromatic nitrogens is 2. The van der Waals surface area contributed by atoms with Gasteiger partial charge in [-0.25, -0.2) is 4.98 Å². The number of aryl methyl sites for hydroxylation is 1. The van der Waals surface area contributed by atoms with Crippen molar-refractivity contribution >= 4 is 22.6 Å². The number of benzene rings is 1. The molecule has 0 aliphatic carbocycles. The lowest BCUT2D eigenvalue weighted by Gasteiger charge is -2.09. The van der Waals surface area contributed by atoms with Crippen LogP contribution in [0, 0.1) is 6.92 Å². The zero-order valence-electron chi connectivity index (χ0n) is 14.2. The summed E-state index contributed by atoms with van der Waals surface area (Å²) in [5.41, 5.74) is 5.05. The lowest BCUT2D eigenvalue weighted by molar-refractivity contribution is -0.111. The first kappa shape index (κ1) is 16.0. The second kappa shape index (κ2) is 6.32. The van der Waals surface area contributed by atoms with E-state index in [1.165, 1.54) is 11.6 Å². The molecule has 24 heavy (non-hydrogen) atoms. The van der Waals surface area contributed by atoms with Crippen LogP contribution in [-0.4, -0.2) is 15.5 Å². The molecule has 4 heteroatoms. The highest BCUT2D eigenvalue weighted by molar-refractivity contribution is 6.00. The maximum Gasteiger partial charge on any atom is 0.247 e. The number of anilines is 1. The van der Waals surface area contributed by atoms with E-state index in [1.54, 1.807) is 6.20 Å². The third-order valence-corrected chi connectivity index (χ3v) is 4.13. The van der Waals surface area contributed by atoms with Crippen LogP contribution in [0.25, 0.3) is 16.7 Å². The second-order valence-corrected chi connectivity index (χ2v) is 6.22. The van der Waals surface area contributed by atoms with Crippen molar-refractivity contribution in [2.75, 3.05) is 5.32 Å². The third kappa shape index (κ3) is 2.95. The Morgan fingerprint density at radius 1 is 1.29 bits per heavy atom. The van der Waals surface area contributed by atoms with Crippen molar-refractivity contribution in [2.24, 2.45) is 0 Å². The molecule has 1 aromatic carbocycles. The van der Waals surface area contributed by atoms with Crippen molar-refractivity contribution in [1.29, 1.82) is 0 Å². The van der Waals surface area contributed by atoms with Gasteiger partial charge in [-0.15, -0.1) is 0 Å². The summed E-state index contributed by atoms with van der Waals surface area (Å²) in [4.78, 5) is 16.0. The molecule has 4 nitrogen and oxygen atoms in total. The van der Waals surface area contributed by atoms with Crippen molar-refractivity contribution < 1.29 is 4.79 Å². The number of hydrogen-bond acceptors (Lipinski definition) is 2. The van der Waals surface area contributed by atoms with Crippen LogP contribution in [0.3, 0.4) is 0 Å². The van der Waals surface area contributed by atoms with E-state index in [9.17, 15) is 4.79 Å². The highest BCUT2D eigenvalue weighted by atomic mass is 16.1. The van der Waals surface area contributed by atoms with Gasteiger partial charge in [0.2, 0.25) is 5.91 Å². The Balaban J connectivity index is 2.03. The molecule has 0 bridgehead atoms. The predicted octanol–water partition coefficient (Wildman–Crippen LogP) is 4.58. The molecule has 3 aromatic rings. The summed E-state index contributed by atoms with van der Waals surface area (Å²) in [6, 6.07) is 10.5. The van der Waals surface area contributed by atoms with Crippen molar-refractivity contribution in [3.8, 4) is 5.69 Å². The fourth-order valence-electron chi connectivity index (χ4n) is 2.74. The van der Waals surface area contributed by atoms with E-state index in [2.05, 4.69) is 65.8 Å². The van der Waals surface area contributed by atoms with Crippen molar-refractivity contribution in [3.05, 3.63) is 66.5 Å². The molecule has 122 valence electrons. The number of pyridine rings is 1. The average molecular weight is 319 g/mol. The van der Waals surface area contributed by atoms with Crippen LogP contribution in [0.15, 0.2) is 55.4 Å². The molecule has 0 fully saturated rings. The molecule has 0 radical (unpaired) electrons. The minimum Gasteiger partial charge on any atom is -0.321 e. The molecular formula is C20H21N3O. The monoisotopic (exact) mass is 319 g/mol. The maximum absolute atomic E-state index is 11.5. The molecular weight excluding hydrogens is 298 g/mol. The molecule has 0 spiro atoms. The summed E-state index contributed by atoms with van der Waals surface area (Å²) < 4.78 is 2.08. The van der Waals surface area contributed by atoms with E-state index in [0.29, 0.717) is 11.6 Å². The summed E-state index contributed by atoms with van der Waals surface area (Å²) in [7, 11) is 0. The van der Waals surface area contributed by atoms with Crippen molar-refractivity contribution in [2.45, 2.75) is 26.7 Å². The van der Waals surface area contributed by atoms with Crippen molar-refractivity contribution in [1.82, 2.24) is 9.55 Å². The molecule has 3 rings (SSSR count). The Morgan fingerprint density at radius 3 is 2.62 bits per heavy atom. The molecule has 0 aliphatic rings. The Hall–Kier alpha value is -2.88. The number of fused-ring (bicyclic) bond motifs is 1. The van der Waals surface area contributed by atoms with Gasteiger partial charge in [0.25, 0.3) is 0 Å². The number of hydrogen-bond donors (Lipinski definition) is 1. The lowest BCUT2D eigenvalue weighted by Crippen LogP contribution is -2.07. The minimum absolute atomic E-state index is 0.238. The first-order valence-corrected chi connectivity index (χ1v) is 8.01. The standard InChI is InChI=1S/C20H21N3O/c1-5-19(24)22-16-10-18-14(4)12-23(20(18)21-11-16)17-8-6-15(7-9-17)13(2)3/h5-13H,1H2,2-4H3,(H,22,24). The van der Waals surface area contributed by atoms with E-state index >= 15 is 0 Å². The molecule has 1 N–H and O–H groups in total. The Bertz CT molecular complexity index is 905. The van der Waals surface area contributed by atoms with Gasteiger partial charge in [0.05, 0.1) is 11.9 Å². The van der Waals surface area contributed by atoms with Gasteiger partial charge in [-0.2, -0.15) is 0 Å². The van der Waals surface area contributed by atoms with Crippen LogP contribution >= 0.6 is 0 Å². The summed E-state index contributed by atoms with van der Waals surface area (Å²) in [5, 5.41) is 3.77. The van der Waals surface area contributed by atoms with E-state index in [4.69, 9.17) is 0 Å². The zero-order chi connectivity index (χ0) is 17.3. The van der Waals surface area contributed by atoms with E-state index in [0.717, 1.165) is 22.3 Å². The molecule has 0 saturated carbocycles. The molecule has 0 unspecified atom stereocenters. The zero-order valence-corrected chi connectivity index (χ0v) is 14.2. The summed E-state index contributed by atoms with van der Waals surface area (Å²) in [6.45, 7) is 9.88. The van der Waals surface area contributed by atoms with Crippen LogP contribution in [-0.2, 0) is 4.79 Å². The second-order valence-electron chi connectivity index (χ2n) is 6.22. The van der Waals surface area contributed by atoms with Crippen LogP contribution in [0.2, 0.25) is 0 Å². The molecule has 0 atom stereocenters.